The molecule has 0 amide bonds. The van der Waals surface area contributed by atoms with E-state index in [0.29, 0.717) is 17.6 Å². The van der Waals surface area contributed by atoms with Crippen molar-refractivity contribution >= 4 is 21.7 Å². The van der Waals surface area contributed by atoms with Crippen molar-refractivity contribution in [2.45, 2.75) is 37.9 Å². The third kappa shape index (κ3) is 3.44. The number of nitrogens with zero attached hydrogens (tertiary/aromatic N) is 2. The van der Waals surface area contributed by atoms with Crippen LogP contribution < -0.4 is 10.6 Å². The highest BCUT2D eigenvalue weighted by molar-refractivity contribution is 9.10. The molecule has 1 aliphatic heterocycles. The van der Waals surface area contributed by atoms with E-state index >= 15 is 0 Å². The first-order valence-electron chi connectivity index (χ1n) is 6.63. The third-order valence-corrected chi connectivity index (χ3v) is 3.99. The van der Waals surface area contributed by atoms with Gasteiger partial charge in [-0.2, -0.15) is 13.2 Å². The average molecular weight is 352 g/mol. The molecular formula is C13H17BrF3N3. The number of nitrogens with two attached hydrogens (primary N) is 1. The molecule has 3 nitrogen and oxygen atoms in total. The molecule has 1 fully saturated rings. The lowest BCUT2D eigenvalue weighted by Crippen LogP contribution is -2.41. The molecule has 1 unspecified atom stereocenters. The van der Waals surface area contributed by atoms with Crippen molar-refractivity contribution in [3.8, 4) is 0 Å². The Morgan fingerprint density at radius 3 is 2.75 bits per heavy atom. The summed E-state index contributed by atoms with van der Waals surface area (Å²) in [4.78, 5) is 5.74. The van der Waals surface area contributed by atoms with E-state index in [9.17, 15) is 13.2 Å². The van der Waals surface area contributed by atoms with E-state index in [1.165, 1.54) is 6.20 Å². The molecule has 2 heterocycles. The minimum Gasteiger partial charge on any atom is -0.352 e. The second-order valence-electron chi connectivity index (χ2n) is 4.95. The van der Waals surface area contributed by atoms with Gasteiger partial charge in [-0.3, -0.25) is 0 Å². The lowest BCUT2D eigenvalue weighted by atomic mass is 10.1. The number of alkyl halides is 3. The summed E-state index contributed by atoms with van der Waals surface area (Å²) in [7, 11) is 0. The molecule has 0 aliphatic carbocycles. The molecule has 112 valence electrons. The van der Waals surface area contributed by atoms with Gasteiger partial charge in [0.15, 0.2) is 0 Å². The maximum Gasteiger partial charge on any atom is 0.419 e. The zero-order valence-electron chi connectivity index (χ0n) is 11.0. The highest BCUT2D eigenvalue weighted by Gasteiger charge is 2.37. The Kier molecular flexibility index (Phi) is 4.90. The van der Waals surface area contributed by atoms with Crippen LogP contribution in [0.4, 0.5) is 19.0 Å². The molecule has 1 saturated heterocycles. The summed E-state index contributed by atoms with van der Waals surface area (Å²) in [5.74, 6) is -0.00181. The maximum atomic E-state index is 13.2. The Hall–Kier alpha value is -0.820. The normalized spacial score (nSPS) is 20.9. The molecule has 1 aliphatic rings. The molecular weight excluding hydrogens is 335 g/mol. The Morgan fingerprint density at radius 1 is 1.35 bits per heavy atom. The van der Waals surface area contributed by atoms with Gasteiger partial charge in [-0.25, -0.2) is 4.98 Å². The molecule has 0 bridgehead atoms. The lowest BCUT2D eigenvalue weighted by molar-refractivity contribution is -0.137. The summed E-state index contributed by atoms with van der Waals surface area (Å²) in [5.41, 5.74) is 5.03. The molecule has 1 aromatic heterocycles. The van der Waals surface area contributed by atoms with Crippen molar-refractivity contribution < 1.29 is 13.2 Å². The van der Waals surface area contributed by atoms with E-state index in [2.05, 4.69) is 20.9 Å². The highest BCUT2D eigenvalue weighted by atomic mass is 79.9. The Balaban J connectivity index is 2.44. The first-order valence-corrected chi connectivity index (χ1v) is 7.42. The highest BCUT2D eigenvalue weighted by Crippen LogP contribution is 2.38. The average Bonchev–Trinajstić information content (AvgIpc) is 2.62. The predicted octanol–water partition coefficient (Wildman–Crippen LogP) is 3.57. The fourth-order valence-corrected chi connectivity index (χ4v) is 2.90. The van der Waals surface area contributed by atoms with Crippen LogP contribution in [0.5, 0.6) is 0 Å². The number of hydrogen-bond donors (Lipinski definition) is 1. The summed E-state index contributed by atoms with van der Waals surface area (Å²) >= 11 is 3.05. The van der Waals surface area contributed by atoms with Gasteiger partial charge in [-0.05, 0) is 34.8 Å². The minimum absolute atomic E-state index is 0.00181. The molecule has 0 spiro atoms. The number of halogens is 4. The van der Waals surface area contributed by atoms with E-state index < -0.39 is 11.7 Å². The van der Waals surface area contributed by atoms with Crippen molar-refractivity contribution in [1.29, 1.82) is 0 Å². The van der Waals surface area contributed by atoms with Crippen LogP contribution in [-0.2, 0) is 6.18 Å². The quantitative estimate of drug-likeness (QED) is 0.885. The van der Waals surface area contributed by atoms with E-state index in [0.717, 1.165) is 31.7 Å². The molecule has 2 rings (SSSR count). The fourth-order valence-electron chi connectivity index (χ4n) is 2.57. The van der Waals surface area contributed by atoms with Crippen molar-refractivity contribution in [3.63, 3.8) is 0 Å². The minimum atomic E-state index is -4.42. The van der Waals surface area contributed by atoms with Gasteiger partial charge >= 0.3 is 6.18 Å². The predicted molar refractivity (Wildman–Crippen MR) is 75.6 cm³/mol. The summed E-state index contributed by atoms with van der Waals surface area (Å²) in [6.07, 6.45) is 0.679. The first kappa shape index (κ1) is 15.6. The van der Waals surface area contributed by atoms with E-state index in [1.807, 2.05) is 0 Å². The van der Waals surface area contributed by atoms with Gasteiger partial charge in [-0.1, -0.05) is 12.8 Å². The second kappa shape index (κ2) is 6.30. The fraction of sp³-hybridized carbons (Fsp3) is 0.615. The monoisotopic (exact) mass is 351 g/mol. The van der Waals surface area contributed by atoms with Crippen LogP contribution in [0.3, 0.4) is 0 Å². The molecule has 20 heavy (non-hydrogen) atoms. The number of pyridine rings is 1. The van der Waals surface area contributed by atoms with Crippen LogP contribution in [0.15, 0.2) is 16.7 Å². The summed E-state index contributed by atoms with van der Waals surface area (Å²) in [5, 5.41) is 0. The molecule has 7 heteroatoms. The van der Waals surface area contributed by atoms with Crippen molar-refractivity contribution in [3.05, 3.63) is 22.3 Å². The molecule has 2 N–H and O–H groups in total. The molecule has 0 aromatic carbocycles. The van der Waals surface area contributed by atoms with Gasteiger partial charge in [0.25, 0.3) is 0 Å². The molecule has 0 radical (unpaired) electrons. The Labute approximate surface area is 124 Å². The van der Waals surface area contributed by atoms with Gasteiger partial charge in [0, 0.05) is 29.8 Å². The number of anilines is 1. The molecule has 1 atom stereocenters. The first-order chi connectivity index (χ1) is 9.43. The van der Waals surface area contributed by atoms with Crippen molar-refractivity contribution in [2.75, 3.05) is 18.0 Å². The van der Waals surface area contributed by atoms with Gasteiger partial charge < -0.3 is 10.6 Å². The number of aromatic nitrogens is 1. The lowest BCUT2D eigenvalue weighted by Gasteiger charge is -2.32. The van der Waals surface area contributed by atoms with Crippen LogP contribution in [0.1, 0.15) is 31.2 Å². The summed E-state index contributed by atoms with van der Waals surface area (Å²) in [6, 6.07) is 1.01. The summed E-state index contributed by atoms with van der Waals surface area (Å²) in [6.45, 7) is 0.911. The zero-order chi connectivity index (χ0) is 14.8. The van der Waals surface area contributed by atoms with Gasteiger partial charge in [-0.15, -0.1) is 0 Å². The van der Waals surface area contributed by atoms with Crippen LogP contribution in [-0.4, -0.2) is 24.1 Å². The van der Waals surface area contributed by atoms with E-state index in [4.69, 9.17) is 5.73 Å². The second-order valence-corrected chi connectivity index (χ2v) is 5.87. The Morgan fingerprint density at radius 2 is 2.10 bits per heavy atom. The van der Waals surface area contributed by atoms with E-state index in [-0.39, 0.29) is 11.9 Å². The number of hydrogen-bond acceptors (Lipinski definition) is 3. The third-order valence-electron chi connectivity index (χ3n) is 3.56. The van der Waals surface area contributed by atoms with Crippen molar-refractivity contribution in [2.24, 2.45) is 5.73 Å². The summed E-state index contributed by atoms with van der Waals surface area (Å²) < 4.78 is 39.9. The van der Waals surface area contributed by atoms with Gasteiger partial charge in [0.1, 0.15) is 5.82 Å². The molecule has 0 saturated carbocycles. The van der Waals surface area contributed by atoms with E-state index in [1.54, 1.807) is 4.90 Å². The SMILES string of the molecule is NCC1CCCCCN1c1ncc(Br)cc1C(F)(F)F. The standard InChI is InChI=1S/C13H17BrF3N3/c14-9-6-11(13(15,16)17)12(19-8-9)20-5-3-1-2-4-10(20)7-18/h6,8,10H,1-5,7,18H2. The van der Waals surface area contributed by atoms with Crippen LogP contribution in [0.25, 0.3) is 0 Å². The zero-order valence-corrected chi connectivity index (χ0v) is 12.5. The smallest absolute Gasteiger partial charge is 0.352 e. The largest absolute Gasteiger partial charge is 0.419 e. The van der Waals surface area contributed by atoms with Crippen LogP contribution in [0, 0.1) is 0 Å². The topological polar surface area (TPSA) is 42.1 Å². The van der Waals surface area contributed by atoms with Crippen molar-refractivity contribution in [1.82, 2.24) is 4.98 Å². The van der Waals surface area contributed by atoms with Crippen LogP contribution in [0.2, 0.25) is 0 Å². The van der Waals surface area contributed by atoms with Crippen LogP contribution >= 0.6 is 15.9 Å². The molecule has 1 aromatic rings. The van der Waals surface area contributed by atoms with Gasteiger partial charge in [0.2, 0.25) is 0 Å². The Bertz CT molecular complexity index is 465. The van der Waals surface area contributed by atoms with Gasteiger partial charge in [0.05, 0.1) is 5.56 Å². The maximum absolute atomic E-state index is 13.2. The number of rotatable bonds is 2.